The van der Waals surface area contributed by atoms with Crippen molar-refractivity contribution in [3.63, 3.8) is 0 Å². The molecule has 0 aliphatic heterocycles. The van der Waals surface area contributed by atoms with Gasteiger partial charge in [-0.1, -0.05) is 17.8 Å². The van der Waals surface area contributed by atoms with E-state index in [0.717, 1.165) is 36.2 Å². The Morgan fingerprint density at radius 2 is 2.03 bits per heavy atom. The van der Waals surface area contributed by atoms with Crippen LogP contribution in [0.25, 0.3) is 0 Å². The fourth-order valence-corrected chi connectivity index (χ4v) is 2.97. The van der Waals surface area contributed by atoms with Crippen molar-refractivity contribution in [1.29, 1.82) is 0 Å². The second-order valence-corrected chi connectivity index (χ2v) is 6.75. The van der Waals surface area contributed by atoms with Crippen LogP contribution in [0.5, 0.6) is 5.75 Å². The monoisotopic (exact) mass is 422 g/mol. The number of aryl methyl sites for hydroxylation is 1. The Kier molecular flexibility index (Phi) is 6.02. The molecule has 3 aromatic rings. The van der Waals surface area contributed by atoms with Crippen LogP contribution in [0.3, 0.4) is 0 Å². The maximum Gasteiger partial charge on any atom is 0.416 e. The molecule has 0 radical (unpaired) electrons. The van der Waals surface area contributed by atoms with Crippen LogP contribution in [0.2, 0.25) is 0 Å². The SMILES string of the molecule is Cc1ccnc(SCc2cc(=O)c(OC(=O)c3cccc(C(F)(F)F)c3)co2)n1. The number of benzene rings is 1. The van der Waals surface area contributed by atoms with Crippen molar-refractivity contribution >= 4 is 17.7 Å². The summed E-state index contributed by atoms with van der Waals surface area (Å²) in [5.41, 5.74) is -1.18. The lowest BCUT2D eigenvalue weighted by molar-refractivity contribution is -0.137. The molecule has 0 N–H and O–H groups in total. The van der Waals surface area contributed by atoms with E-state index < -0.39 is 28.9 Å². The van der Waals surface area contributed by atoms with E-state index in [2.05, 4.69) is 9.97 Å². The smallest absolute Gasteiger partial charge is 0.416 e. The molecule has 3 rings (SSSR count). The molecule has 0 bridgehead atoms. The molecule has 150 valence electrons. The zero-order valence-electron chi connectivity index (χ0n) is 14.9. The zero-order valence-corrected chi connectivity index (χ0v) is 15.7. The molecule has 10 heteroatoms. The third-order valence-electron chi connectivity index (χ3n) is 3.60. The molecule has 0 saturated heterocycles. The van der Waals surface area contributed by atoms with Gasteiger partial charge in [-0.3, -0.25) is 4.79 Å². The molecule has 0 unspecified atom stereocenters. The number of nitrogens with zero attached hydrogens (tertiary/aromatic N) is 2. The summed E-state index contributed by atoms with van der Waals surface area (Å²) in [6.45, 7) is 1.82. The molecule has 0 fully saturated rings. The Hall–Kier alpha value is -3.14. The van der Waals surface area contributed by atoms with Gasteiger partial charge < -0.3 is 9.15 Å². The van der Waals surface area contributed by atoms with Crippen LogP contribution in [-0.4, -0.2) is 15.9 Å². The van der Waals surface area contributed by atoms with Gasteiger partial charge in [0.05, 0.1) is 16.9 Å². The van der Waals surface area contributed by atoms with Gasteiger partial charge in [0, 0.05) is 18.0 Å². The van der Waals surface area contributed by atoms with Gasteiger partial charge in [0.1, 0.15) is 12.0 Å². The van der Waals surface area contributed by atoms with Crippen LogP contribution in [0.1, 0.15) is 27.4 Å². The average Bonchev–Trinajstić information content (AvgIpc) is 2.68. The minimum absolute atomic E-state index is 0.264. The van der Waals surface area contributed by atoms with Crippen LogP contribution < -0.4 is 10.2 Å². The number of hydrogen-bond donors (Lipinski definition) is 0. The van der Waals surface area contributed by atoms with Gasteiger partial charge in [-0.25, -0.2) is 14.8 Å². The summed E-state index contributed by atoms with van der Waals surface area (Å²) in [4.78, 5) is 32.5. The molecule has 0 atom stereocenters. The van der Waals surface area contributed by atoms with Crippen molar-refractivity contribution in [3.05, 3.63) is 81.7 Å². The largest absolute Gasteiger partial charge is 0.464 e. The maximum atomic E-state index is 12.8. The highest BCUT2D eigenvalue weighted by Gasteiger charge is 2.31. The summed E-state index contributed by atoms with van der Waals surface area (Å²) in [7, 11) is 0. The van der Waals surface area contributed by atoms with Crippen molar-refractivity contribution in [2.75, 3.05) is 0 Å². The second kappa shape index (κ2) is 8.48. The maximum absolute atomic E-state index is 12.8. The Balaban J connectivity index is 1.69. The van der Waals surface area contributed by atoms with Crippen LogP contribution in [0.4, 0.5) is 13.2 Å². The fourth-order valence-electron chi connectivity index (χ4n) is 2.20. The minimum atomic E-state index is -4.60. The second-order valence-electron chi connectivity index (χ2n) is 5.81. The Morgan fingerprint density at radius 1 is 1.24 bits per heavy atom. The van der Waals surface area contributed by atoms with Crippen LogP contribution in [0.15, 0.2) is 63.2 Å². The lowest BCUT2D eigenvalue weighted by atomic mass is 10.1. The van der Waals surface area contributed by atoms with E-state index >= 15 is 0 Å². The number of carbonyl (C=O) groups is 1. The molecule has 6 nitrogen and oxygen atoms in total. The summed E-state index contributed by atoms with van der Waals surface area (Å²) in [5.74, 6) is -0.962. The normalized spacial score (nSPS) is 11.3. The van der Waals surface area contributed by atoms with Gasteiger partial charge in [-0.15, -0.1) is 0 Å². The summed E-state index contributed by atoms with van der Waals surface area (Å²) in [6, 6.07) is 6.60. The van der Waals surface area contributed by atoms with Crippen molar-refractivity contribution < 1.29 is 27.1 Å². The van der Waals surface area contributed by atoms with E-state index in [1.807, 2.05) is 6.92 Å². The van der Waals surface area contributed by atoms with Crippen molar-refractivity contribution in [2.24, 2.45) is 0 Å². The first-order chi connectivity index (χ1) is 13.7. The zero-order chi connectivity index (χ0) is 21.0. The van der Waals surface area contributed by atoms with Crippen molar-refractivity contribution in [2.45, 2.75) is 24.0 Å². The molecular formula is C19H13F3N2O4S. The van der Waals surface area contributed by atoms with E-state index in [0.29, 0.717) is 17.0 Å². The number of carbonyl (C=O) groups excluding carboxylic acids is 1. The number of aromatic nitrogens is 2. The summed E-state index contributed by atoms with van der Waals surface area (Å²) >= 11 is 1.25. The average molecular weight is 422 g/mol. The van der Waals surface area contributed by atoms with Gasteiger partial charge in [0.2, 0.25) is 11.2 Å². The van der Waals surface area contributed by atoms with Gasteiger partial charge in [0.25, 0.3) is 0 Å². The van der Waals surface area contributed by atoms with E-state index in [-0.39, 0.29) is 11.3 Å². The molecule has 29 heavy (non-hydrogen) atoms. The van der Waals surface area contributed by atoms with Crippen LogP contribution in [-0.2, 0) is 11.9 Å². The fraction of sp³-hybridized carbons (Fsp3) is 0.158. The standard InChI is InChI=1S/C19H13F3N2O4S/c1-11-5-6-23-18(24-11)29-10-14-8-15(25)16(9-27-14)28-17(26)12-3-2-4-13(7-12)19(20,21)22/h2-9H,10H2,1H3. The third kappa shape index (κ3) is 5.44. The number of ether oxygens (including phenoxy) is 1. The molecule has 0 spiro atoms. The molecular weight excluding hydrogens is 409 g/mol. The van der Waals surface area contributed by atoms with E-state index in [9.17, 15) is 22.8 Å². The van der Waals surface area contributed by atoms with E-state index in [4.69, 9.17) is 9.15 Å². The molecule has 1 aromatic carbocycles. The number of thioether (sulfide) groups is 1. The van der Waals surface area contributed by atoms with Crippen molar-refractivity contribution in [1.82, 2.24) is 9.97 Å². The topological polar surface area (TPSA) is 82.3 Å². The molecule has 2 aromatic heterocycles. The number of halogens is 3. The highest BCUT2D eigenvalue weighted by Crippen LogP contribution is 2.29. The first-order valence-electron chi connectivity index (χ1n) is 8.16. The van der Waals surface area contributed by atoms with Gasteiger partial charge >= 0.3 is 12.1 Å². The molecule has 0 aliphatic carbocycles. The molecule has 0 amide bonds. The number of alkyl halides is 3. The third-order valence-corrected chi connectivity index (χ3v) is 4.48. The first kappa shape index (κ1) is 20.6. The summed E-state index contributed by atoms with van der Waals surface area (Å²) in [5, 5.41) is 0.507. The number of esters is 1. The van der Waals surface area contributed by atoms with E-state index in [1.165, 1.54) is 11.8 Å². The Morgan fingerprint density at radius 3 is 2.72 bits per heavy atom. The lowest BCUT2D eigenvalue weighted by Gasteiger charge is -2.08. The number of rotatable bonds is 5. The molecule has 0 aliphatic rings. The van der Waals surface area contributed by atoms with Crippen LogP contribution >= 0.6 is 11.8 Å². The van der Waals surface area contributed by atoms with E-state index in [1.54, 1.807) is 12.3 Å². The number of hydrogen-bond acceptors (Lipinski definition) is 7. The Labute approximate surface area is 166 Å². The minimum Gasteiger partial charge on any atom is -0.464 e. The highest BCUT2D eigenvalue weighted by atomic mass is 32.2. The predicted octanol–water partition coefficient (Wildman–Crippen LogP) is 4.27. The summed E-state index contributed by atoms with van der Waals surface area (Å²) in [6.07, 6.45) is -2.05. The van der Waals surface area contributed by atoms with Crippen molar-refractivity contribution in [3.8, 4) is 5.75 Å². The first-order valence-corrected chi connectivity index (χ1v) is 9.14. The quantitative estimate of drug-likeness (QED) is 0.345. The predicted molar refractivity (Wildman–Crippen MR) is 97.7 cm³/mol. The van der Waals surface area contributed by atoms with Gasteiger partial charge in [-0.05, 0) is 31.2 Å². The summed E-state index contributed by atoms with van der Waals surface area (Å²) < 4.78 is 48.4. The Bertz CT molecular complexity index is 1100. The highest BCUT2D eigenvalue weighted by molar-refractivity contribution is 7.98. The molecule has 0 saturated carbocycles. The molecule has 2 heterocycles. The van der Waals surface area contributed by atoms with Gasteiger partial charge in [-0.2, -0.15) is 13.2 Å². The van der Waals surface area contributed by atoms with Crippen LogP contribution in [0, 0.1) is 6.92 Å². The van der Waals surface area contributed by atoms with Gasteiger partial charge in [0.15, 0.2) is 5.16 Å². The lowest BCUT2D eigenvalue weighted by Crippen LogP contribution is -2.15.